The quantitative estimate of drug-likeness (QED) is 0.442. The summed E-state index contributed by atoms with van der Waals surface area (Å²) in [5, 5.41) is 1.68. The summed E-state index contributed by atoms with van der Waals surface area (Å²) in [6.45, 7) is 2.32. The van der Waals surface area contributed by atoms with Gasteiger partial charge in [0.2, 0.25) is 0 Å². The predicted molar refractivity (Wildman–Crippen MR) is 80.9 cm³/mol. The van der Waals surface area contributed by atoms with Gasteiger partial charge in [-0.25, -0.2) is 0 Å². The molecule has 1 aromatic rings. The molecular weight excluding hydrogens is 386 g/mol. The maximum Gasteiger partial charge on any atom is -1.00 e. The van der Waals surface area contributed by atoms with Crippen LogP contribution in [0.5, 0.6) is 0 Å². The van der Waals surface area contributed by atoms with Crippen molar-refractivity contribution in [3.63, 3.8) is 0 Å². The number of rotatable bonds is 3. The largest absolute Gasteiger partial charge is 1.00 e. The first-order chi connectivity index (χ1) is 9.23. The minimum Gasteiger partial charge on any atom is -1.00 e. The molecule has 1 aromatic carbocycles. The number of hydrogen-bond donors (Lipinski definition) is 0. The summed E-state index contributed by atoms with van der Waals surface area (Å²) < 4.78 is 0.361. The molecule has 0 N–H and O–H groups in total. The fraction of sp³-hybridized carbons (Fsp3) is 0.412. The van der Waals surface area contributed by atoms with Crippen LogP contribution in [0.2, 0.25) is 15.4 Å². The molecule has 0 nitrogen and oxygen atoms in total. The zero-order valence-electron chi connectivity index (χ0n) is 12.8. The van der Waals surface area contributed by atoms with Gasteiger partial charge in [0.25, 0.3) is 0 Å². The number of benzene rings is 1. The van der Waals surface area contributed by atoms with Gasteiger partial charge in [0.15, 0.2) is 0 Å². The van der Waals surface area contributed by atoms with Gasteiger partial charge in [0.05, 0.1) is 0 Å². The Morgan fingerprint density at radius 3 is 2.18 bits per heavy atom. The van der Waals surface area contributed by atoms with Gasteiger partial charge in [-0.2, -0.15) is 0 Å². The molecule has 1 aliphatic heterocycles. The summed E-state index contributed by atoms with van der Waals surface area (Å²) in [6.07, 6.45) is 11.3. The van der Waals surface area contributed by atoms with E-state index >= 15 is 0 Å². The van der Waals surface area contributed by atoms with E-state index in [4.69, 9.17) is 0 Å². The third-order valence-corrected chi connectivity index (χ3v) is 13.9. The fourth-order valence-electron chi connectivity index (χ4n) is 4.06. The van der Waals surface area contributed by atoms with Crippen LogP contribution in [0.4, 0.5) is 0 Å². The van der Waals surface area contributed by atoms with Crippen LogP contribution >= 0.6 is 0 Å². The molecule has 22 heavy (non-hydrogen) atoms. The average molecular weight is 408 g/mol. The van der Waals surface area contributed by atoms with Crippen molar-refractivity contribution in [1.29, 1.82) is 0 Å². The Kier molecular flexibility index (Phi) is 9.31. The van der Waals surface area contributed by atoms with Crippen LogP contribution in [-0.4, -0.2) is 8.07 Å². The molecule has 1 heterocycles. The Bertz CT molecular complexity index is 524. The summed E-state index contributed by atoms with van der Waals surface area (Å²) in [5.41, 5.74) is 1.67. The molecule has 118 valence electrons. The van der Waals surface area contributed by atoms with Crippen molar-refractivity contribution in [3.05, 3.63) is 54.1 Å². The van der Waals surface area contributed by atoms with Gasteiger partial charge < -0.3 is 37.2 Å². The van der Waals surface area contributed by atoms with Crippen molar-refractivity contribution >= 4 is 13.3 Å². The molecule has 0 bridgehead atoms. The van der Waals surface area contributed by atoms with E-state index in [1.807, 2.05) is 0 Å². The molecular formula is C17H21Cl3SiTi. The smallest absolute Gasteiger partial charge is 1.00 e. The zero-order chi connectivity index (χ0) is 13.3. The molecule has 0 saturated carbocycles. The van der Waals surface area contributed by atoms with Crippen LogP contribution in [0.15, 0.2) is 54.1 Å². The molecule has 0 spiro atoms. The topological polar surface area (TPSA) is 0 Å². The molecule has 0 amide bonds. The van der Waals surface area contributed by atoms with E-state index in [0.717, 1.165) is 0 Å². The summed E-state index contributed by atoms with van der Waals surface area (Å²) in [7, 11) is -1.44. The second kappa shape index (κ2) is 9.11. The van der Waals surface area contributed by atoms with E-state index in [2.05, 4.69) is 75.9 Å². The molecule has 1 atom stereocenters. The van der Waals surface area contributed by atoms with Crippen LogP contribution in [0.25, 0.3) is 0 Å². The maximum absolute atomic E-state index is 2.52. The van der Waals surface area contributed by atoms with Crippen molar-refractivity contribution < 1.29 is 57.7 Å². The van der Waals surface area contributed by atoms with Crippen LogP contribution in [-0.2, 0) is 20.4 Å². The average Bonchev–Trinajstić information content (AvgIpc) is 3.07. The Morgan fingerprint density at radius 1 is 1.05 bits per heavy atom. The monoisotopic (exact) mass is 406 g/mol. The molecule has 1 saturated heterocycles. The molecule has 0 aromatic heterocycles. The number of halogens is 3. The van der Waals surface area contributed by atoms with E-state index in [0.29, 0.717) is 3.34 Å². The normalized spacial score (nSPS) is 24.8. The molecule has 0 radical (unpaired) electrons. The van der Waals surface area contributed by atoms with E-state index in [-0.39, 0.29) is 37.2 Å². The SMILES string of the molecule is CCC1=CC=C[C]1([Ti+3])[Si]1(c2ccccc2)CCCC1.[Cl-].[Cl-].[Cl-]. The van der Waals surface area contributed by atoms with E-state index in [1.54, 1.807) is 10.8 Å². The predicted octanol–water partition coefficient (Wildman–Crippen LogP) is -4.70. The van der Waals surface area contributed by atoms with E-state index < -0.39 is 8.07 Å². The standard InChI is InChI=1S/C17H21Si.3ClH.Ti/c1-2-15-9-8-12-17(15)18(13-6-7-14-18)16-10-4-3-5-11-16;;;;/h3-5,8-12H,2,6-7,13-14H2,1H3;3*1H;/q;;;;+3/p-3. The third-order valence-electron chi connectivity index (χ3n) is 5.07. The zero-order valence-corrected chi connectivity index (χ0v) is 17.6. The Hall–Kier alpha value is 0.501. The van der Waals surface area contributed by atoms with Crippen LogP contribution in [0.3, 0.4) is 0 Å². The van der Waals surface area contributed by atoms with E-state index in [1.165, 1.54) is 31.4 Å². The molecule has 1 fully saturated rings. The first kappa shape index (κ1) is 22.5. The molecule has 1 aliphatic carbocycles. The second-order valence-corrected chi connectivity index (χ2v) is 12.4. The first-order valence-corrected chi connectivity index (χ1v) is 10.6. The third kappa shape index (κ3) is 3.46. The molecule has 3 rings (SSSR count). The summed E-state index contributed by atoms with van der Waals surface area (Å²) >= 11 is 2.52. The minimum absolute atomic E-state index is 0. The fourth-order valence-corrected chi connectivity index (χ4v) is 12.4. The number of allylic oxidation sites excluding steroid dienone is 4. The Labute approximate surface area is 165 Å². The Balaban J connectivity index is 0.00000147. The van der Waals surface area contributed by atoms with Gasteiger partial charge >= 0.3 is 129 Å². The number of hydrogen-bond acceptors (Lipinski definition) is 0. The van der Waals surface area contributed by atoms with Crippen molar-refractivity contribution in [2.45, 2.75) is 41.6 Å². The minimum atomic E-state index is -1.44. The first-order valence-electron chi connectivity index (χ1n) is 7.42. The van der Waals surface area contributed by atoms with Gasteiger partial charge in [0, 0.05) is 0 Å². The summed E-state index contributed by atoms with van der Waals surface area (Å²) in [6, 6.07) is 14.4. The van der Waals surface area contributed by atoms with Crippen LogP contribution in [0, 0.1) is 0 Å². The summed E-state index contributed by atoms with van der Waals surface area (Å²) in [4.78, 5) is 0. The van der Waals surface area contributed by atoms with E-state index in [9.17, 15) is 0 Å². The second-order valence-electron chi connectivity index (χ2n) is 5.87. The molecule has 5 heteroatoms. The van der Waals surface area contributed by atoms with Crippen LogP contribution < -0.4 is 42.4 Å². The van der Waals surface area contributed by atoms with Gasteiger partial charge in [0.1, 0.15) is 0 Å². The van der Waals surface area contributed by atoms with Crippen molar-refractivity contribution in [2.75, 3.05) is 0 Å². The van der Waals surface area contributed by atoms with Crippen LogP contribution in [0.1, 0.15) is 26.2 Å². The van der Waals surface area contributed by atoms with Gasteiger partial charge in [-0.3, -0.25) is 0 Å². The van der Waals surface area contributed by atoms with Crippen molar-refractivity contribution in [3.8, 4) is 0 Å². The Morgan fingerprint density at radius 2 is 1.64 bits per heavy atom. The van der Waals surface area contributed by atoms with Crippen molar-refractivity contribution in [2.24, 2.45) is 0 Å². The van der Waals surface area contributed by atoms with Gasteiger partial charge in [-0.1, -0.05) is 0 Å². The maximum atomic E-state index is 2.52. The molecule has 1 unspecified atom stereocenters. The van der Waals surface area contributed by atoms with Gasteiger partial charge in [-0.05, 0) is 0 Å². The van der Waals surface area contributed by atoms with Crippen molar-refractivity contribution in [1.82, 2.24) is 0 Å². The summed E-state index contributed by atoms with van der Waals surface area (Å²) in [5.74, 6) is 0. The molecule has 2 aliphatic rings. The van der Waals surface area contributed by atoms with Gasteiger partial charge in [-0.15, -0.1) is 0 Å².